The van der Waals surface area contributed by atoms with E-state index in [-0.39, 0.29) is 71.0 Å². The van der Waals surface area contributed by atoms with Crippen LogP contribution in [0.5, 0.6) is 0 Å². The summed E-state index contributed by atoms with van der Waals surface area (Å²) in [4.78, 5) is 0. The van der Waals surface area contributed by atoms with E-state index in [2.05, 4.69) is 0 Å². The molecule has 0 bridgehead atoms. The van der Waals surface area contributed by atoms with Gasteiger partial charge in [0.15, 0.2) is 0 Å². The van der Waals surface area contributed by atoms with Gasteiger partial charge < -0.3 is 16.4 Å². The van der Waals surface area contributed by atoms with Crippen LogP contribution >= 0.6 is 0 Å². The summed E-state index contributed by atoms with van der Waals surface area (Å²) in [7, 11) is 0. The fourth-order valence-corrected chi connectivity index (χ4v) is 0. The van der Waals surface area contributed by atoms with Crippen LogP contribution in [0.15, 0.2) is 0 Å². The molecule has 5 heavy (non-hydrogen) atoms. The van der Waals surface area contributed by atoms with E-state index in [9.17, 15) is 0 Å². The molecule has 0 atom stereocenters. The van der Waals surface area contributed by atoms with E-state index in [4.69, 9.17) is 0 Å². The van der Waals surface area contributed by atoms with E-state index in [0.29, 0.717) is 0 Å². The van der Waals surface area contributed by atoms with E-state index in [0.717, 1.165) is 0 Å². The molecular weight excluding hydrogens is 462 g/mol. The summed E-state index contributed by atoms with van der Waals surface area (Å²) >= 11 is 0. The van der Waals surface area contributed by atoms with E-state index in [1.807, 2.05) is 0 Å². The van der Waals surface area contributed by atoms with Crippen LogP contribution in [0.4, 0.5) is 0 Å². The minimum Gasteiger partial charge on any atom is -2.00 e. The standard InChI is InChI=1S/3O.2Pb/q3*-2;;. The zero-order valence-corrected chi connectivity index (χ0v) is 10.00. The molecule has 0 N–H and O–H groups in total. The van der Waals surface area contributed by atoms with Gasteiger partial charge in [-0.25, -0.2) is 0 Å². The van der Waals surface area contributed by atoms with Crippen molar-refractivity contribution in [2.75, 3.05) is 0 Å². The van der Waals surface area contributed by atoms with Gasteiger partial charge in [-0.05, 0) is 0 Å². The van der Waals surface area contributed by atoms with Crippen molar-refractivity contribution in [2.45, 2.75) is 0 Å². The van der Waals surface area contributed by atoms with Crippen LogP contribution < -0.4 is 0 Å². The summed E-state index contributed by atoms with van der Waals surface area (Å²) in [5.74, 6) is 0. The van der Waals surface area contributed by atoms with Crippen LogP contribution in [-0.4, -0.2) is 54.6 Å². The minimum absolute atomic E-state index is 0. The average Bonchev–Trinajstić information content (AvgIpc) is 0. The molecule has 3 nitrogen and oxygen atoms in total. The summed E-state index contributed by atoms with van der Waals surface area (Å²) < 4.78 is 0. The van der Waals surface area contributed by atoms with Gasteiger partial charge in [0.2, 0.25) is 0 Å². The predicted octanol–water partition coefficient (Wildman–Crippen LogP) is -1.12. The first kappa shape index (κ1) is 74.1. The van der Waals surface area contributed by atoms with E-state index in [1.54, 1.807) is 0 Å². The Morgan fingerprint density at radius 2 is 0.400 bits per heavy atom. The first-order chi connectivity index (χ1) is 0. The third-order valence-electron chi connectivity index (χ3n) is 0. The second-order valence-electron chi connectivity index (χ2n) is 0. The van der Waals surface area contributed by atoms with Crippen molar-refractivity contribution in [3.63, 3.8) is 0 Å². The Labute approximate surface area is 70.4 Å². The second-order valence-corrected chi connectivity index (χ2v) is 0. The van der Waals surface area contributed by atoms with Crippen molar-refractivity contribution >= 4 is 54.6 Å². The van der Waals surface area contributed by atoms with Gasteiger partial charge in [-0.1, -0.05) is 0 Å². The van der Waals surface area contributed by atoms with Crippen molar-refractivity contribution < 1.29 is 16.4 Å². The van der Waals surface area contributed by atoms with Crippen LogP contribution in [0.2, 0.25) is 0 Å². The molecule has 0 unspecified atom stereocenters. The van der Waals surface area contributed by atoms with Crippen molar-refractivity contribution in [3.05, 3.63) is 0 Å². The molecule has 0 rings (SSSR count). The van der Waals surface area contributed by atoms with Gasteiger partial charge in [-0.15, -0.1) is 0 Å². The smallest absolute Gasteiger partial charge is 0 e. The SMILES string of the molecule is [O-2].[O-2].[O-2].[Pb].[Pb]. The quantitative estimate of drug-likeness (QED) is 0.409. The molecular formula is O3Pb2-6. The number of hydrogen-bond acceptors (Lipinski definition) is 0. The van der Waals surface area contributed by atoms with Crippen LogP contribution in [0, 0.1) is 0 Å². The topological polar surface area (TPSA) is 85.5 Å². The monoisotopic (exact) mass is 464 g/mol. The van der Waals surface area contributed by atoms with E-state index >= 15 is 0 Å². The minimum atomic E-state index is 0. The molecule has 0 saturated carbocycles. The first-order valence-electron chi connectivity index (χ1n) is 0. The predicted molar refractivity (Wildman–Crippen MR) is 13.6 cm³/mol. The van der Waals surface area contributed by atoms with Crippen molar-refractivity contribution in [1.82, 2.24) is 0 Å². The molecule has 0 saturated heterocycles. The fourth-order valence-electron chi connectivity index (χ4n) is 0. The van der Waals surface area contributed by atoms with E-state index in [1.165, 1.54) is 0 Å². The maximum absolute atomic E-state index is 0. The molecule has 0 aromatic rings. The van der Waals surface area contributed by atoms with Crippen molar-refractivity contribution in [3.8, 4) is 0 Å². The average molecular weight is 462 g/mol. The molecule has 32 valence electrons. The summed E-state index contributed by atoms with van der Waals surface area (Å²) in [5, 5.41) is 0. The molecule has 0 aromatic carbocycles. The van der Waals surface area contributed by atoms with Gasteiger partial charge in [-0.3, -0.25) is 0 Å². The molecule has 0 fully saturated rings. The maximum atomic E-state index is 0. The number of rotatable bonds is 0. The Balaban J connectivity index is 0. The van der Waals surface area contributed by atoms with Gasteiger partial charge in [-0.2, -0.15) is 0 Å². The second kappa shape index (κ2) is 43.0. The summed E-state index contributed by atoms with van der Waals surface area (Å²) in [6, 6.07) is 0. The molecule has 0 spiro atoms. The molecule has 0 heterocycles. The molecule has 0 aromatic heterocycles. The molecule has 0 aliphatic carbocycles. The van der Waals surface area contributed by atoms with Crippen molar-refractivity contribution in [1.29, 1.82) is 0 Å². The zero-order valence-electron chi connectivity index (χ0n) is 2.22. The van der Waals surface area contributed by atoms with Crippen LogP contribution in [0.25, 0.3) is 0 Å². The summed E-state index contributed by atoms with van der Waals surface area (Å²) in [6.45, 7) is 0. The Morgan fingerprint density at radius 3 is 0.400 bits per heavy atom. The Kier molecular flexibility index (Phi) is 637. The van der Waals surface area contributed by atoms with Crippen molar-refractivity contribution in [2.24, 2.45) is 0 Å². The first-order valence-corrected chi connectivity index (χ1v) is 0. The third-order valence-corrected chi connectivity index (χ3v) is 0. The largest absolute Gasteiger partial charge is 2.00 e. The van der Waals surface area contributed by atoms with Gasteiger partial charge in [0.25, 0.3) is 0 Å². The fraction of sp³-hybridized carbons (Fsp3) is 0. The Bertz CT molecular complexity index is 4.85. The summed E-state index contributed by atoms with van der Waals surface area (Å²) in [5.41, 5.74) is 0. The van der Waals surface area contributed by atoms with Gasteiger partial charge in [0.05, 0.1) is 0 Å². The van der Waals surface area contributed by atoms with Crippen LogP contribution in [0.1, 0.15) is 0 Å². The van der Waals surface area contributed by atoms with Crippen LogP contribution in [-0.2, 0) is 16.4 Å². The molecule has 0 amide bonds. The van der Waals surface area contributed by atoms with E-state index < -0.39 is 0 Å². The Morgan fingerprint density at radius 1 is 0.400 bits per heavy atom. The molecule has 0 aliphatic heterocycles. The van der Waals surface area contributed by atoms with Crippen LogP contribution in [0.3, 0.4) is 0 Å². The molecule has 8 radical (unpaired) electrons. The normalized spacial score (nSPS) is 0. The third kappa shape index (κ3) is 26.7. The molecule has 0 aliphatic rings. The van der Waals surface area contributed by atoms with Gasteiger partial charge in [0.1, 0.15) is 0 Å². The Hall–Kier alpha value is 1.72. The maximum Gasteiger partial charge on any atom is 0 e. The van der Waals surface area contributed by atoms with Gasteiger partial charge in [0, 0.05) is 54.6 Å². The summed E-state index contributed by atoms with van der Waals surface area (Å²) in [6.07, 6.45) is 0. The van der Waals surface area contributed by atoms with Gasteiger partial charge >= 0.3 is 0 Å². The molecule has 5 heteroatoms. The number of hydrogen-bond donors (Lipinski definition) is 0. The zero-order chi connectivity index (χ0) is 0.